The number of anilines is 1. The zero-order valence-electron chi connectivity index (χ0n) is 17.1. The molecule has 3 aromatic carbocycles. The first-order chi connectivity index (χ1) is 15.1. The van der Waals surface area contributed by atoms with Crippen LogP contribution in [0.3, 0.4) is 0 Å². The van der Waals surface area contributed by atoms with Gasteiger partial charge in [-0.15, -0.1) is 0 Å². The Labute approximate surface area is 180 Å². The maximum atomic E-state index is 12.4. The molecule has 2 aliphatic rings. The van der Waals surface area contributed by atoms with E-state index in [4.69, 9.17) is 9.47 Å². The van der Waals surface area contributed by atoms with Crippen LogP contribution in [0, 0.1) is 0 Å². The van der Waals surface area contributed by atoms with Crippen LogP contribution >= 0.6 is 0 Å². The van der Waals surface area contributed by atoms with Gasteiger partial charge in [0.15, 0.2) is 11.5 Å². The van der Waals surface area contributed by atoms with E-state index in [9.17, 15) is 9.59 Å². The van der Waals surface area contributed by atoms with Crippen molar-refractivity contribution >= 4 is 28.3 Å². The Balaban J connectivity index is 1.16. The number of fused-ring (bicyclic) bond motifs is 2. The second-order valence-electron chi connectivity index (χ2n) is 8.12. The number of benzene rings is 3. The summed E-state index contributed by atoms with van der Waals surface area (Å²) >= 11 is 0. The molecule has 0 atom stereocenters. The van der Waals surface area contributed by atoms with Crippen molar-refractivity contribution in [1.82, 2.24) is 5.32 Å². The van der Waals surface area contributed by atoms with E-state index in [2.05, 4.69) is 10.6 Å². The lowest BCUT2D eigenvalue weighted by atomic mass is 10.0. The first kappa shape index (κ1) is 19.4. The zero-order valence-corrected chi connectivity index (χ0v) is 17.1. The third-order valence-electron chi connectivity index (χ3n) is 5.86. The van der Waals surface area contributed by atoms with E-state index in [1.54, 1.807) is 12.1 Å². The van der Waals surface area contributed by atoms with Crippen molar-refractivity contribution in [3.63, 3.8) is 0 Å². The summed E-state index contributed by atoms with van der Waals surface area (Å²) in [4.78, 5) is 24.7. The SMILES string of the molecule is O=C(Cc1cccc2ccccc12)NCC(=O)Nc1ccc2c(c1)OC1(CCCC1)O2. The molecule has 0 bridgehead atoms. The molecular weight excluding hydrogens is 392 g/mol. The molecule has 2 N–H and O–H groups in total. The van der Waals surface area contributed by atoms with E-state index >= 15 is 0 Å². The molecular formula is C25H24N2O4. The molecule has 0 radical (unpaired) electrons. The minimum Gasteiger partial charge on any atom is -0.448 e. The fourth-order valence-electron chi connectivity index (χ4n) is 4.36. The Hall–Kier alpha value is -3.54. The molecule has 5 rings (SSSR count). The van der Waals surface area contributed by atoms with Crippen LogP contribution in [0.15, 0.2) is 60.7 Å². The highest BCUT2D eigenvalue weighted by atomic mass is 16.7. The smallest absolute Gasteiger partial charge is 0.251 e. The van der Waals surface area contributed by atoms with Crippen LogP contribution < -0.4 is 20.1 Å². The molecule has 158 valence electrons. The van der Waals surface area contributed by atoms with Gasteiger partial charge in [-0.2, -0.15) is 0 Å². The van der Waals surface area contributed by atoms with Gasteiger partial charge in [-0.25, -0.2) is 0 Å². The number of rotatable bonds is 5. The highest BCUT2D eigenvalue weighted by molar-refractivity contribution is 5.96. The summed E-state index contributed by atoms with van der Waals surface area (Å²) < 4.78 is 12.0. The average molecular weight is 416 g/mol. The normalized spacial score (nSPS) is 15.9. The number of carbonyl (C=O) groups is 2. The van der Waals surface area contributed by atoms with Crippen LogP contribution in [0.2, 0.25) is 0 Å². The number of ether oxygens (including phenoxy) is 2. The van der Waals surface area contributed by atoms with Gasteiger partial charge in [0.25, 0.3) is 5.79 Å². The summed E-state index contributed by atoms with van der Waals surface area (Å²) in [5.41, 5.74) is 1.55. The molecule has 1 aliphatic carbocycles. The molecule has 6 heteroatoms. The molecule has 3 aromatic rings. The van der Waals surface area contributed by atoms with Crippen molar-refractivity contribution in [1.29, 1.82) is 0 Å². The van der Waals surface area contributed by atoms with Gasteiger partial charge < -0.3 is 20.1 Å². The summed E-state index contributed by atoms with van der Waals surface area (Å²) in [6.45, 7) is -0.0953. The standard InChI is InChI=1S/C25H24N2O4/c28-23(14-18-8-5-7-17-6-1-2-9-20(17)18)26-16-24(29)27-19-10-11-21-22(15-19)31-25(30-21)12-3-4-13-25/h1-2,5-11,15H,3-4,12-14,16H2,(H,26,28)(H,27,29). The van der Waals surface area contributed by atoms with Crippen LogP contribution in [-0.2, 0) is 16.0 Å². The minimum absolute atomic E-state index is 0.0953. The van der Waals surface area contributed by atoms with Crippen molar-refractivity contribution < 1.29 is 19.1 Å². The molecule has 1 heterocycles. The molecule has 0 saturated heterocycles. The molecule has 6 nitrogen and oxygen atoms in total. The van der Waals surface area contributed by atoms with Crippen LogP contribution in [0.1, 0.15) is 31.2 Å². The first-order valence-corrected chi connectivity index (χ1v) is 10.7. The lowest BCUT2D eigenvalue weighted by Gasteiger charge is -2.21. The van der Waals surface area contributed by atoms with Gasteiger partial charge in [0.1, 0.15) is 0 Å². The molecule has 1 saturated carbocycles. The predicted octanol–water partition coefficient (Wildman–Crippen LogP) is 4.18. The molecule has 31 heavy (non-hydrogen) atoms. The van der Waals surface area contributed by atoms with E-state index in [1.807, 2.05) is 48.5 Å². The summed E-state index contributed by atoms with van der Waals surface area (Å²) in [5, 5.41) is 7.65. The Kier molecular flexibility index (Phi) is 4.98. The van der Waals surface area contributed by atoms with E-state index in [0.29, 0.717) is 17.2 Å². The van der Waals surface area contributed by atoms with E-state index in [-0.39, 0.29) is 24.8 Å². The topological polar surface area (TPSA) is 76.7 Å². The van der Waals surface area contributed by atoms with Gasteiger partial charge in [0.2, 0.25) is 11.8 Å². The van der Waals surface area contributed by atoms with E-state index < -0.39 is 5.79 Å². The first-order valence-electron chi connectivity index (χ1n) is 10.7. The Bertz CT molecular complexity index is 1150. The molecule has 2 amide bonds. The van der Waals surface area contributed by atoms with Gasteiger partial charge in [0, 0.05) is 24.6 Å². The van der Waals surface area contributed by atoms with Crippen LogP contribution in [0.5, 0.6) is 11.5 Å². The quantitative estimate of drug-likeness (QED) is 0.654. The second kappa shape index (κ2) is 7.95. The third-order valence-corrected chi connectivity index (χ3v) is 5.86. The van der Waals surface area contributed by atoms with Crippen molar-refractivity contribution in [3.8, 4) is 11.5 Å². The zero-order chi connectivity index (χ0) is 21.3. The van der Waals surface area contributed by atoms with Crippen molar-refractivity contribution in [2.75, 3.05) is 11.9 Å². The van der Waals surface area contributed by atoms with Gasteiger partial charge >= 0.3 is 0 Å². The molecule has 0 unspecified atom stereocenters. The minimum atomic E-state index is -0.527. The summed E-state index contributed by atoms with van der Waals surface area (Å²) in [7, 11) is 0. The number of carbonyl (C=O) groups excluding carboxylic acids is 2. The van der Waals surface area contributed by atoms with Crippen molar-refractivity contribution in [3.05, 3.63) is 66.2 Å². The maximum Gasteiger partial charge on any atom is 0.251 e. The van der Waals surface area contributed by atoms with E-state index in [1.165, 1.54) is 0 Å². The Morgan fingerprint density at radius 1 is 0.871 bits per heavy atom. The molecule has 1 fully saturated rings. The Morgan fingerprint density at radius 3 is 2.52 bits per heavy atom. The van der Waals surface area contributed by atoms with Crippen molar-refractivity contribution in [2.24, 2.45) is 0 Å². The summed E-state index contributed by atoms with van der Waals surface area (Å²) in [6, 6.07) is 19.2. The third kappa shape index (κ3) is 4.06. The van der Waals surface area contributed by atoms with Gasteiger partial charge in [0.05, 0.1) is 13.0 Å². The molecule has 1 aliphatic heterocycles. The average Bonchev–Trinajstić information content (AvgIpc) is 3.38. The number of nitrogens with one attached hydrogen (secondary N) is 2. The highest BCUT2D eigenvalue weighted by Gasteiger charge is 2.44. The van der Waals surface area contributed by atoms with Crippen molar-refractivity contribution in [2.45, 2.75) is 37.9 Å². The van der Waals surface area contributed by atoms with Gasteiger partial charge in [-0.1, -0.05) is 42.5 Å². The van der Waals surface area contributed by atoms with Crippen LogP contribution in [0.4, 0.5) is 5.69 Å². The van der Waals surface area contributed by atoms with Gasteiger partial charge in [-0.05, 0) is 41.3 Å². The van der Waals surface area contributed by atoms with Crippen LogP contribution in [0.25, 0.3) is 10.8 Å². The molecule has 0 aromatic heterocycles. The van der Waals surface area contributed by atoms with E-state index in [0.717, 1.165) is 42.0 Å². The largest absolute Gasteiger partial charge is 0.448 e. The fourth-order valence-corrected chi connectivity index (χ4v) is 4.36. The predicted molar refractivity (Wildman–Crippen MR) is 118 cm³/mol. The summed E-state index contributed by atoms with van der Waals surface area (Å²) in [6.07, 6.45) is 4.17. The molecule has 1 spiro atoms. The van der Waals surface area contributed by atoms with Crippen LogP contribution in [-0.4, -0.2) is 24.1 Å². The monoisotopic (exact) mass is 416 g/mol. The second-order valence-corrected chi connectivity index (χ2v) is 8.12. The fraction of sp³-hybridized carbons (Fsp3) is 0.280. The van der Waals surface area contributed by atoms with Gasteiger partial charge in [-0.3, -0.25) is 9.59 Å². The Morgan fingerprint density at radius 2 is 1.65 bits per heavy atom. The summed E-state index contributed by atoms with van der Waals surface area (Å²) in [5.74, 6) is 0.352. The number of amides is 2. The highest BCUT2D eigenvalue weighted by Crippen LogP contribution is 2.47. The lowest BCUT2D eigenvalue weighted by Crippen LogP contribution is -2.34. The number of hydrogen-bond acceptors (Lipinski definition) is 4. The lowest BCUT2D eigenvalue weighted by molar-refractivity contribution is -0.123. The maximum absolute atomic E-state index is 12.4. The number of hydrogen-bond donors (Lipinski definition) is 2.